The Morgan fingerprint density at radius 3 is 2.87 bits per heavy atom. The maximum absolute atomic E-state index is 4.60. The van der Waals surface area contributed by atoms with E-state index in [9.17, 15) is 0 Å². The van der Waals surface area contributed by atoms with Gasteiger partial charge >= 0.3 is 0 Å². The standard InChI is InChI=1S/C15H20N8/c1-9(2)23-7-11(6-18-23)20-15-21-13-12(16-8-17-13)14(22-15)19-10-4-3-5-10/h6-10H,3-5H2,1-2H3,(H3,16,17,19,20,21,22). The number of H-pyrrole nitrogens is 1. The number of nitrogens with one attached hydrogen (secondary N) is 3. The summed E-state index contributed by atoms with van der Waals surface area (Å²) >= 11 is 0. The number of hydrogen-bond donors (Lipinski definition) is 3. The Kier molecular flexibility index (Phi) is 3.36. The highest BCUT2D eigenvalue weighted by atomic mass is 15.3. The zero-order chi connectivity index (χ0) is 15.8. The van der Waals surface area contributed by atoms with Crippen molar-refractivity contribution in [2.45, 2.75) is 45.2 Å². The average Bonchev–Trinajstić information content (AvgIpc) is 3.11. The number of imidazole rings is 1. The van der Waals surface area contributed by atoms with Crippen molar-refractivity contribution >= 4 is 28.6 Å². The molecule has 3 N–H and O–H groups in total. The summed E-state index contributed by atoms with van der Waals surface area (Å²) in [7, 11) is 0. The lowest BCUT2D eigenvalue weighted by molar-refractivity contribution is 0.445. The second-order valence-electron chi connectivity index (χ2n) is 6.20. The van der Waals surface area contributed by atoms with Gasteiger partial charge in [0.1, 0.15) is 5.52 Å². The fourth-order valence-corrected chi connectivity index (χ4v) is 2.55. The predicted molar refractivity (Wildman–Crippen MR) is 88.8 cm³/mol. The van der Waals surface area contributed by atoms with Gasteiger partial charge in [0.15, 0.2) is 11.5 Å². The molecule has 1 saturated carbocycles. The minimum Gasteiger partial charge on any atom is -0.365 e. The molecule has 120 valence electrons. The van der Waals surface area contributed by atoms with Crippen molar-refractivity contribution in [3.05, 3.63) is 18.7 Å². The molecule has 1 aliphatic carbocycles. The highest BCUT2D eigenvalue weighted by Crippen LogP contribution is 2.27. The maximum atomic E-state index is 4.60. The second kappa shape index (κ2) is 5.53. The molecule has 3 aromatic heterocycles. The smallest absolute Gasteiger partial charge is 0.231 e. The third-order valence-electron chi connectivity index (χ3n) is 4.12. The van der Waals surface area contributed by atoms with Crippen LogP contribution >= 0.6 is 0 Å². The van der Waals surface area contributed by atoms with Crippen LogP contribution in [0.15, 0.2) is 18.7 Å². The summed E-state index contributed by atoms with van der Waals surface area (Å²) in [4.78, 5) is 16.4. The fourth-order valence-electron chi connectivity index (χ4n) is 2.55. The van der Waals surface area contributed by atoms with Crippen molar-refractivity contribution in [1.82, 2.24) is 29.7 Å². The molecule has 0 saturated heterocycles. The average molecular weight is 312 g/mol. The Hall–Kier alpha value is -2.64. The van der Waals surface area contributed by atoms with Gasteiger partial charge < -0.3 is 15.6 Å². The molecule has 3 aromatic rings. The molecule has 0 spiro atoms. The number of aromatic nitrogens is 6. The van der Waals surface area contributed by atoms with Crippen molar-refractivity contribution in [2.24, 2.45) is 0 Å². The van der Waals surface area contributed by atoms with Crippen LogP contribution in [0, 0.1) is 0 Å². The minimum atomic E-state index is 0.316. The molecule has 1 fully saturated rings. The monoisotopic (exact) mass is 312 g/mol. The van der Waals surface area contributed by atoms with Crippen molar-refractivity contribution in [3.8, 4) is 0 Å². The Morgan fingerprint density at radius 1 is 1.30 bits per heavy atom. The third kappa shape index (κ3) is 2.71. The van der Waals surface area contributed by atoms with Crippen LogP contribution in [-0.2, 0) is 0 Å². The number of hydrogen-bond acceptors (Lipinski definition) is 6. The van der Waals surface area contributed by atoms with Crippen molar-refractivity contribution in [1.29, 1.82) is 0 Å². The van der Waals surface area contributed by atoms with Gasteiger partial charge in [-0.15, -0.1) is 0 Å². The van der Waals surface area contributed by atoms with Crippen LogP contribution in [0.1, 0.15) is 39.2 Å². The highest BCUT2D eigenvalue weighted by Gasteiger charge is 2.20. The van der Waals surface area contributed by atoms with E-state index in [0.717, 1.165) is 17.0 Å². The van der Waals surface area contributed by atoms with Gasteiger partial charge in [-0.1, -0.05) is 0 Å². The molecule has 0 radical (unpaired) electrons. The molecule has 0 bridgehead atoms. The first kappa shape index (κ1) is 14.0. The predicted octanol–water partition coefficient (Wildman–Crippen LogP) is 2.84. The number of fused-ring (bicyclic) bond motifs is 1. The summed E-state index contributed by atoms with van der Waals surface area (Å²) in [5.74, 6) is 1.32. The fraction of sp³-hybridized carbons (Fsp3) is 0.467. The van der Waals surface area contributed by atoms with Crippen molar-refractivity contribution < 1.29 is 0 Å². The SMILES string of the molecule is CC(C)n1cc(Nc2nc(NC3CCC3)c3[nH]cnc3n2)cn1. The molecule has 8 heteroatoms. The molecule has 4 rings (SSSR count). The van der Waals surface area contributed by atoms with E-state index in [-0.39, 0.29) is 0 Å². The third-order valence-corrected chi connectivity index (χ3v) is 4.12. The van der Waals surface area contributed by atoms with Gasteiger partial charge in [0.25, 0.3) is 0 Å². The van der Waals surface area contributed by atoms with Gasteiger partial charge in [0, 0.05) is 18.3 Å². The molecule has 0 aromatic carbocycles. The molecular formula is C15H20N8. The minimum absolute atomic E-state index is 0.316. The summed E-state index contributed by atoms with van der Waals surface area (Å²) in [6.07, 6.45) is 9.01. The molecule has 3 heterocycles. The lowest BCUT2D eigenvalue weighted by atomic mass is 9.93. The number of anilines is 3. The van der Waals surface area contributed by atoms with Crippen LogP contribution in [0.2, 0.25) is 0 Å². The van der Waals surface area contributed by atoms with Crippen LogP contribution in [0.5, 0.6) is 0 Å². The zero-order valence-corrected chi connectivity index (χ0v) is 13.2. The Balaban J connectivity index is 1.63. The van der Waals surface area contributed by atoms with Crippen LogP contribution in [0.25, 0.3) is 11.2 Å². The molecule has 0 amide bonds. The van der Waals surface area contributed by atoms with E-state index >= 15 is 0 Å². The van der Waals surface area contributed by atoms with E-state index in [1.165, 1.54) is 19.3 Å². The first-order valence-electron chi connectivity index (χ1n) is 7.98. The topological polar surface area (TPSA) is 96.3 Å². The Bertz CT molecular complexity index is 814. The second-order valence-corrected chi connectivity index (χ2v) is 6.20. The zero-order valence-electron chi connectivity index (χ0n) is 13.2. The largest absolute Gasteiger partial charge is 0.365 e. The first-order valence-corrected chi connectivity index (χ1v) is 7.98. The molecule has 0 unspecified atom stereocenters. The quantitative estimate of drug-likeness (QED) is 0.670. The molecule has 1 aliphatic rings. The van der Waals surface area contributed by atoms with Crippen molar-refractivity contribution in [3.63, 3.8) is 0 Å². The molecular weight excluding hydrogens is 292 g/mol. The van der Waals surface area contributed by atoms with Gasteiger partial charge in [-0.05, 0) is 33.1 Å². The van der Waals surface area contributed by atoms with Crippen LogP contribution in [0.4, 0.5) is 17.5 Å². The van der Waals surface area contributed by atoms with Gasteiger partial charge in [0.05, 0.1) is 18.2 Å². The molecule has 23 heavy (non-hydrogen) atoms. The summed E-state index contributed by atoms with van der Waals surface area (Å²) in [5.41, 5.74) is 2.36. The van der Waals surface area contributed by atoms with E-state index in [1.807, 2.05) is 10.9 Å². The lowest BCUT2D eigenvalue weighted by Crippen LogP contribution is -2.27. The van der Waals surface area contributed by atoms with E-state index in [1.54, 1.807) is 12.5 Å². The van der Waals surface area contributed by atoms with E-state index in [0.29, 0.717) is 23.7 Å². The van der Waals surface area contributed by atoms with Crippen LogP contribution < -0.4 is 10.6 Å². The Labute approximate surface area is 133 Å². The lowest BCUT2D eigenvalue weighted by Gasteiger charge is -2.27. The molecule has 0 atom stereocenters. The molecule has 8 nitrogen and oxygen atoms in total. The first-order chi connectivity index (χ1) is 11.2. The number of nitrogens with zero attached hydrogens (tertiary/aromatic N) is 5. The highest BCUT2D eigenvalue weighted by molar-refractivity contribution is 5.84. The number of rotatable bonds is 5. The van der Waals surface area contributed by atoms with E-state index < -0.39 is 0 Å². The van der Waals surface area contributed by atoms with E-state index in [2.05, 4.69) is 49.5 Å². The van der Waals surface area contributed by atoms with Gasteiger partial charge in [-0.3, -0.25) is 4.68 Å². The molecule has 0 aliphatic heterocycles. The Morgan fingerprint density at radius 2 is 2.17 bits per heavy atom. The van der Waals surface area contributed by atoms with Gasteiger partial charge in [-0.2, -0.15) is 15.1 Å². The van der Waals surface area contributed by atoms with Crippen molar-refractivity contribution in [2.75, 3.05) is 10.6 Å². The summed E-state index contributed by atoms with van der Waals surface area (Å²) < 4.78 is 1.89. The summed E-state index contributed by atoms with van der Waals surface area (Å²) in [6, 6.07) is 0.809. The summed E-state index contributed by atoms with van der Waals surface area (Å²) in [6.45, 7) is 4.17. The number of aromatic amines is 1. The normalized spacial score (nSPS) is 15.1. The van der Waals surface area contributed by atoms with Crippen LogP contribution in [-0.4, -0.2) is 35.8 Å². The summed E-state index contributed by atoms with van der Waals surface area (Å²) in [5, 5.41) is 11.0. The maximum Gasteiger partial charge on any atom is 0.231 e. The van der Waals surface area contributed by atoms with E-state index in [4.69, 9.17) is 0 Å². The van der Waals surface area contributed by atoms with Crippen LogP contribution in [0.3, 0.4) is 0 Å². The van der Waals surface area contributed by atoms with Gasteiger partial charge in [-0.25, -0.2) is 4.98 Å². The van der Waals surface area contributed by atoms with Gasteiger partial charge in [0.2, 0.25) is 5.95 Å².